The number of halogens is 2. The molecule has 0 aliphatic heterocycles. The largest absolute Gasteiger partial charge is 0.487 e. The van der Waals surface area contributed by atoms with E-state index < -0.39 is 23.6 Å². The van der Waals surface area contributed by atoms with Gasteiger partial charge in [-0.1, -0.05) is 24.3 Å². The van der Waals surface area contributed by atoms with E-state index in [1.165, 1.54) is 12.1 Å². The summed E-state index contributed by atoms with van der Waals surface area (Å²) in [7, 11) is 0. The lowest BCUT2D eigenvalue weighted by molar-refractivity contribution is -0.117. The van der Waals surface area contributed by atoms with Crippen molar-refractivity contribution in [2.75, 3.05) is 0 Å². The number of carbonyl (C=O) groups is 1. The minimum atomic E-state index is -0.696. The minimum absolute atomic E-state index is 0.218. The Hall–Kier alpha value is -3.06. The number of rotatable bonds is 7. The van der Waals surface area contributed by atoms with Gasteiger partial charge in [-0.3, -0.25) is 4.79 Å². The number of aryl methyl sites for hydroxylation is 1. The topological polar surface area (TPSA) is 51.2 Å². The molecule has 29 heavy (non-hydrogen) atoms. The average Bonchev–Trinajstić information content (AvgIpc) is 3.10. The fourth-order valence-electron chi connectivity index (χ4n) is 2.73. The lowest BCUT2D eigenvalue weighted by Crippen LogP contribution is -2.25. The van der Waals surface area contributed by atoms with Crippen molar-refractivity contribution in [2.45, 2.75) is 26.5 Å². The summed E-state index contributed by atoms with van der Waals surface area (Å²) in [5.41, 5.74) is 1.80. The van der Waals surface area contributed by atoms with Crippen molar-refractivity contribution in [3.05, 3.63) is 87.4 Å². The van der Waals surface area contributed by atoms with E-state index in [1.54, 1.807) is 24.3 Å². The molecule has 4 nitrogen and oxygen atoms in total. The van der Waals surface area contributed by atoms with Gasteiger partial charge in [0.15, 0.2) is 0 Å². The number of hydrogen-bond acceptors (Lipinski definition) is 4. The van der Waals surface area contributed by atoms with E-state index in [1.807, 2.05) is 36.6 Å². The van der Waals surface area contributed by atoms with Crippen molar-refractivity contribution < 1.29 is 18.3 Å². The van der Waals surface area contributed by atoms with Gasteiger partial charge < -0.3 is 10.1 Å². The third kappa shape index (κ3) is 5.71. The van der Waals surface area contributed by atoms with Crippen LogP contribution in [0.1, 0.15) is 34.8 Å². The van der Waals surface area contributed by atoms with Gasteiger partial charge in [0.25, 0.3) is 0 Å². The Morgan fingerprint density at radius 3 is 2.79 bits per heavy atom. The van der Waals surface area contributed by atoms with E-state index in [0.717, 1.165) is 28.4 Å². The first kappa shape index (κ1) is 20.7. The van der Waals surface area contributed by atoms with E-state index in [2.05, 4.69) is 10.3 Å². The number of thiazole rings is 1. The molecule has 1 heterocycles. The molecule has 3 rings (SSSR count). The highest BCUT2D eigenvalue weighted by Crippen LogP contribution is 2.22. The third-order valence-electron chi connectivity index (χ3n) is 4.16. The van der Waals surface area contributed by atoms with Crippen LogP contribution in [0.2, 0.25) is 0 Å². The number of aromatic nitrogens is 1. The second-order valence-electron chi connectivity index (χ2n) is 6.41. The fourth-order valence-corrected chi connectivity index (χ4v) is 3.33. The first-order valence-corrected chi connectivity index (χ1v) is 9.86. The van der Waals surface area contributed by atoms with Crippen LogP contribution in [0.25, 0.3) is 6.08 Å². The Balaban J connectivity index is 1.63. The Labute approximate surface area is 171 Å². The maximum atomic E-state index is 13.9. The number of nitrogens with one attached hydrogen (secondary N) is 1. The van der Waals surface area contributed by atoms with Crippen LogP contribution >= 0.6 is 11.3 Å². The molecule has 0 aliphatic carbocycles. The number of ether oxygens (including phenoxy) is 1. The van der Waals surface area contributed by atoms with E-state index in [0.29, 0.717) is 12.4 Å². The van der Waals surface area contributed by atoms with Crippen molar-refractivity contribution in [3.63, 3.8) is 0 Å². The van der Waals surface area contributed by atoms with Gasteiger partial charge in [0.05, 0.1) is 16.7 Å². The van der Waals surface area contributed by atoms with Crippen LogP contribution < -0.4 is 10.1 Å². The van der Waals surface area contributed by atoms with E-state index in [-0.39, 0.29) is 5.56 Å². The molecular weight excluding hydrogens is 394 g/mol. The molecule has 0 bridgehead atoms. The predicted molar refractivity (Wildman–Crippen MR) is 110 cm³/mol. The van der Waals surface area contributed by atoms with Crippen molar-refractivity contribution in [1.82, 2.24) is 10.3 Å². The van der Waals surface area contributed by atoms with E-state index in [9.17, 15) is 13.6 Å². The van der Waals surface area contributed by atoms with Crippen molar-refractivity contribution in [1.29, 1.82) is 0 Å². The molecule has 7 heteroatoms. The molecule has 2 aromatic carbocycles. The van der Waals surface area contributed by atoms with Crippen LogP contribution in [0.4, 0.5) is 8.78 Å². The molecule has 0 spiro atoms. The summed E-state index contributed by atoms with van der Waals surface area (Å²) < 4.78 is 32.7. The molecule has 150 valence electrons. The van der Waals surface area contributed by atoms with Crippen LogP contribution in [0.3, 0.4) is 0 Å². The van der Waals surface area contributed by atoms with Crippen molar-refractivity contribution in [3.8, 4) is 5.75 Å². The standard InChI is InChI=1S/C22H20F2N2O2S/c1-14(19-9-8-17(23)11-20(19)24)25-22(27)10-7-16-5-3-4-6-21(16)28-12-18-13-29-15(2)26-18/h3-11,13-14H,12H2,1-2H3,(H,25,27)/b10-7+. The maximum absolute atomic E-state index is 13.9. The van der Waals surface area contributed by atoms with Gasteiger partial charge in [-0.2, -0.15) is 0 Å². The van der Waals surface area contributed by atoms with Gasteiger partial charge >= 0.3 is 0 Å². The van der Waals surface area contributed by atoms with Gasteiger partial charge in [0, 0.05) is 28.6 Å². The van der Waals surface area contributed by atoms with E-state index in [4.69, 9.17) is 4.74 Å². The molecule has 0 saturated heterocycles. The summed E-state index contributed by atoms with van der Waals surface area (Å²) in [6.07, 6.45) is 2.98. The summed E-state index contributed by atoms with van der Waals surface area (Å²) in [5.74, 6) is -1.13. The second kappa shape index (κ2) is 9.43. The lowest BCUT2D eigenvalue weighted by Gasteiger charge is -2.14. The lowest BCUT2D eigenvalue weighted by atomic mass is 10.1. The molecule has 0 radical (unpaired) electrons. The van der Waals surface area contributed by atoms with Crippen molar-refractivity contribution in [2.24, 2.45) is 0 Å². The summed E-state index contributed by atoms with van der Waals surface area (Å²) in [4.78, 5) is 16.6. The van der Waals surface area contributed by atoms with Crippen LogP contribution in [0.5, 0.6) is 5.75 Å². The van der Waals surface area contributed by atoms with Crippen molar-refractivity contribution >= 4 is 23.3 Å². The zero-order valence-electron chi connectivity index (χ0n) is 16.0. The zero-order valence-corrected chi connectivity index (χ0v) is 16.8. The highest BCUT2D eigenvalue weighted by molar-refractivity contribution is 7.09. The van der Waals surface area contributed by atoms with Gasteiger partial charge in [0.2, 0.25) is 5.91 Å². The fraction of sp³-hybridized carbons (Fsp3) is 0.182. The Bertz CT molecular complexity index is 1030. The third-order valence-corrected chi connectivity index (χ3v) is 4.99. The number of nitrogens with zero attached hydrogens (tertiary/aromatic N) is 1. The van der Waals surface area contributed by atoms with Crippen LogP contribution in [0.15, 0.2) is 53.9 Å². The van der Waals surface area contributed by atoms with Gasteiger partial charge in [-0.25, -0.2) is 13.8 Å². The highest BCUT2D eigenvalue weighted by Gasteiger charge is 2.13. The number of benzene rings is 2. The number of hydrogen-bond donors (Lipinski definition) is 1. The minimum Gasteiger partial charge on any atom is -0.487 e. The summed E-state index contributed by atoms with van der Waals surface area (Å²) >= 11 is 1.56. The van der Waals surface area contributed by atoms with E-state index >= 15 is 0 Å². The molecule has 0 fully saturated rings. The van der Waals surface area contributed by atoms with Gasteiger partial charge in [0.1, 0.15) is 24.0 Å². The van der Waals surface area contributed by atoms with Crippen LogP contribution in [-0.2, 0) is 11.4 Å². The Morgan fingerprint density at radius 1 is 1.28 bits per heavy atom. The second-order valence-corrected chi connectivity index (χ2v) is 7.48. The summed E-state index contributed by atoms with van der Waals surface area (Å²) in [6, 6.07) is 10.0. The first-order chi connectivity index (χ1) is 13.9. The maximum Gasteiger partial charge on any atom is 0.244 e. The summed E-state index contributed by atoms with van der Waals surface area (Å²) in [6.45, 7) is 3.90. The summed E-state index contributed by atoms with van der Waals surface area (Å²) in [5, 5.41) is 5.58. The predicted octanol–water partition coefficient (Wildman–Crippen LogP) is 5.20. The molecule has 0 aliphatic rings. The average molecular weight is 414 g/mol. The molecule has 1 unspecified atom stereocenters. The monoisotopic (exact) mass is 414 g/mol. The molecule has 1 N–H and O–H groups in total. The smallest absolute Gasteiger partial charge is 0.244 e. The molecular formula is C22H20F2N2O2S. The molecule has 3 aromatic rings. The van der Waals surface area contributed by atoms with Crippen LogP contribution in [0, 0.1) is 18.6 Å². The molecule has 1 atom stereocenters. The quantitative estimate of drug-likeness (QED) is 0.541. The Morgan fingerprint density at radius 2 is 2.07 bits per heavy atom. The molecule has 1 amide bonds. The molecule has 0 saturated carbocycles. The van der Waals surface area contributed by atoms with Gasteiger partial charge in [-0.05, 0) is 32.1 Å². The highest BCUT2D eigenvalue weighted by atomic mass is 32.1. The molecule has 1 aromatic heterocycles. The number of carbonyl (C=O) groups excluding carboxylic acids is 1. The van der Waals surface area contributed by atoms with Gasteiger partial charge in [-0.15, -0.1) is 11.3 Å². The number of para-hydroxylation sites is 1. The zero-order chi connectivity index (χ0) is 20.8. The normalized spacial score (nSPS) is 12.1. The van der Waals surface area contributed by atoms with Crippen LogP contribution in [-0.4, -0.2) is 10.9 Å². The first-order valence-electron chi connectivity index (χ1n) is 8.98. The Kier molecular flexibility index (Phi) is 6.72. The number of amides is 1. The SMILES string of the molecule is Cc1nc(COc2ccccc2/C=C/C(=O)NC(C)c2ccc(F)cc2F)cs1.